The van der Waals surface area contributed by atoms with E-state index in [1.807, 2.05) is 13.8 Å². The van der Waals surface area contributed by atoms with E-state index in [4.69, 9.17) is 4.74 Å². The van der Waals surface area contributed by atoms with Gasteiger partial charge in [-0.2, -0.15) is 0 Å². The smallest absolute Gasteiger partial charge is 0.264 e. The maximum absolute atomic E-state index is 14.9. The lowest BCUT2D eigenvalue weighted by Gasteiger charge is -2.32. The van der Waals surface area contributed by atoms with Crippen molar-refractivity contribution in [1.29, 1.82) is 0 Å². The Morgan fingerprint density at radius 1 is 0.974 bits per heavy atom. The maximum atomic E-state index is 14.9. The number of nitrogens with zero attached hydrogens (tertiary/aromatic N) is 2. The molecule has 1 N–H and O–H groups in total. The molecule has 0 unspecified atom stereocenters. The van der Waals surface area contributed by atoms with Crippen LogP contribution in [0.3, 0.4) is 0 Å². The second kappa shape index (κ2) is 13.2. The largest absolute Gasteiger partial charge is 0.497 e. The van der Waals surface area contributed by atoms with Crippen molar-refractivity contribution in [2.45, 2.75) is 50.7 Å². The highest BCUT2D eigenvalue weighted by molar-refractivity contribution is 7.92. The molecule has 3 rings (SSSR count). The number of benzene rings is 3. The zero-order valence-electron chi connectivity index (χ0n) is 22.5. The van der Waals surface area contributed by atoms with E-state index in [1.54, 1.807) is 49.4 Å². The Balaban J connectivity index is 2.03. The van der Waals surface area contributed by atoms with Gasteiger partial charge in [-0.3, -0.25) is 13.9 Å². The summed E-state index contributed by atoms with van der Waals surface area (Å²) in [6.07, 6.45) is 0.693. The molecule has 0 aliphatic rings. The van der Waals surface area contributed by atoms with Gasteiger partial charge in [0.25, 0.3) is 10.0 Å². The van der Waals surface area contributed by atoms with Crippen molar-refractivity contribution in [3.63, 3.8) is 0 Å². The fourth-order valence-corrected chi connectivity index (χ4v) is 5.35. The molecule has 3 aromatic carbocycles. The monoisotopic (exact) mass is 555 g/mol. The standard InChI is InChI=1S/C29H34FN3O5S/c1-5-21(2)31-29(35)22(3)32(19-23-12-11-13-24(18-23)38-4)28(34)20-33(27-17-10-9-16-26(27)30)39(36,37)25-14-7-6-8-15-25/h6-18,21-22H,5,19-20H2,1-4H3,(H,31,35)/t21-,22-/m1/s1. The first-order chi connectivity index (χ1) is 18.6. The molecule has 0 spiro atoms. The highest BCUT2D eigenvalue weighted by Crippen LogP contribution is 2.27. The third kappa shape index (κ3) is 7.35. The van der Waals surface area contributed by atoms with Gasteiger partial charge >= 0.3 is 0 Å². The van der Waals surface area contributed by atoms with Crippen LogP contribution in [0.25, 0.3) is 0 Å². The minimum Gasteiger partial charge on any atom is -0.497 e. The van der Waals surface area contributed by atoms with E-state index in [1.165, 1.54) is 42.3 Å². The van der Waals surface area contributed by atoms with Crippen LogP contribution in [0.1, 0.15) is 32.8 Å². The predicted molar refractivity (Wildman–Crippen MR) is 148 cm³/mol. The quantitative estimate of drug-likeness (QED) is 0.358. The molecule has 2 amide bonds. The minimum absolute atomic E-state index is 0.00161. The molecule has 0 fully saturated rings. The van der Waals surface area contributed by atoms with Crippen molar-refractivity contribution >= 4 is 27.5 Å². The third-order valence-corrected chi connectivity index (χ3v) is 8.16. The van der Waals surface area contributed by atoms with Crippen LogP contribution in [0.4, 0.5) is 10.1 Å². The number of hydrogen-bond donors (Lipinski definition) is 1. The Labute approximate surface area is 229 Å². The lowest BCUT2D eigenvalue weighted by atomic mass is 10.1. The molecule has 0 radical (unpaired) electrons. The molecular formula is C29H34FN3O5S. The van der Waals surface area contributed by atoms with Gasteiger partial charge in [0.1, 0.15) is 24.2 Å². The average Bonchev–Trinajstić information content (AvgIpc) is 2.95. The molecular weight excluding hydrogens is 521 g/mol. The highest BCUT2D eigenvalue weighted by atomic mass is 32.2. The number of carbonyl (C=O) groups is 2. The fourth-order valence-electron chi connectivity index (χ4n) is 3.90. The SMILES string of the molecule is CC[C@@H](C)NC(=O)[C@@H](C)N(Cc1cccc(OC)c1)C(=O)CN(c1ccccc1F)S(=O)(=O)c1ccccc1. The van der Waals surface area contributed by atoms with Crippen molar-refractivity contribution in [2.24, 2.45) is 0 Å². The Kier molecular flexibility index (Phi) is 10.1. The number of amides is 2. The second-order valence-corrected chi connectivity index (χ2v) is 11.0. The summed E-state index contributed by atoms with van der Waals surface area (Å²) in [5, 5.41) is 2.87. The summed E-state index contributed by atoms with van der Waals surface area (Å²) >= 11 is 0. The molecule has 0 aliphatic carbocycles. The van der Waals surface area contributed by atoms with Crippen molar-refractivity contribution < 1.29 is 27.1 Å². The van der Waals surface area contributed by atoms with Gasteiger partial charge in [-0.1, -0.05) is 49.4 Å². The maximum Gasteiger partial charge on any atom is 0.264 e. The van der Waals surface area contributed by atoms with Gasteiger partial charge in [-0.15, -0.1) is 0 Å². The second-order valence-electron chi connectivity index (χ2n) is 9.14. The first-order valence-electron chi connectivity index (χ1n) is 12.6. The van der Waals surface area contributed by atoms with E-state index in [-0.39, 0.29) is 29.1 Å². The summed E-state index contributed by atoms with van der Waals surface area (Å²) in [5.41, 5.74) is 0.405. The lowest BCUT2D eigenvalue weighted by Crippen LogP contribution is -2.52. The van der Waals surface area contributed by atoms with Crippen LogP contribution in [-0.2, 0) is 26.2 Å². The van der Waals surface area contributed by atoms with Crippen LogP contribution in [0.15, 0.2) is 83.8 Å². The van der Waals surface area contributed by atoms with E-state index < -0.39 is 34.3 Å². The van der Waals surface area contributed by atoms with Crippen LogP contribution in [0, 0.1) is 5.82 Å². The average molecular weight is 556 g/mol. The van der Waals surface area contributed by atoms with Crippen molar-refractivity contribution in [1.82, 2.24) is 10.2 Å². The summed E-state index contributed by atoms with van der Waals surface area (Å²) in [6, 6.07) is 18.8. The van der Waals surface area contributed by atoms with Crippen LogP contribution in [0.2, 0.25) is 0 Å². The summed E-state index contributed by atoms with van der Waals surface area (Å²) in [5.74, 6) is -1.29. The molecule has 0 heterocycles. The summed E-state index contributed by atoms with van der Waals surface area (Å²) in [6.45, 7) is 4.64. The normalized spacial score (nSPS) is 12.7. The van der Waals surface area contributed by atoms with Gasteiger partial charge < -0.3 is 15.0 Å². The lowest BCUT2D eigenvalue weighted by molar-refractivity contribution is -0.139. The Morgan fingerprint density at radius 3 is 2.28 bits per heavy atom. The molecule has 2 atom stereocenters. The fraction of sp³-hybridized carbons (Fsp3) is 0.310. The molecule has 0 bridgehead atoms. The van der Waals surface area contributed by atoms with Crippen molar-refractivity contribution in [3.05, 3.63) is 90.2 Å². The van der Waals surface area contributed by atoms with Gasteiger partial charge in [-0.25, -0.2) is 12.8 Å². The Bertz CT molecular complexity index is 1380. The molecule has 0 saturated heterocycles. The molecule has 208 valence electrons. The van der Waals surface area contributed by atoms with E-state index in [2.05, 4.69) is 5.32 Å². The van der Waals surface area contributed by atoms with Crippen LogP contribution < -0.4 is 14.4 Å². The van der Waals surface area contributed by atoms with Crippen LogP contribution >= 0.6 is 0 Å². The zero-order valence-corrected chi connectivity index (χ0v) is 23.3. The molecule has 0 aromatic heterocycles. The molecule has 3 aromatic rings. The minimum atomic E-state index is -4.33. The number of halogens is 1. The number of carbonyl (C=O) groups excluding carboxylic acids is 2. The van der Waals surface area contributed by atoms with Gasteiger partial charge in [0, 0.05) is 12.6 Å². The zero-order chi connectivity index (χ0) is 28.6. The number of rotatable bonds is 12. The van der Waals surface area contributed by atoms with E-state index in [0.717, 1.165) is 10.4 Å². The third-order valence-electron chi connectivity index (χ3n) is 6.39. The van der Waals surface area contributed by atoms with Gasteiger partial charge in [0.2, 0.25) is 11.8 Å². The molecule has 0 aliphatic heterocycles. The summed E-state index contributed by atoms with van der Waals surface area (Å²) < 4.78 is 48.3. The van der Waals surface area contributed by atoms with Crippen molar-refractivity contribution in [3.8, 4) is 5.75 Å². The number of hydrogen-bond acceptors (Lipinski definition) is 5. The predicted octanol–water partition coefficient (Wildman–Crippen LogP) is 4.36. The summed E-state index contributed by atoms with van der Waals surface area (Å²) in [4.78, 5) is 28.1. The topological polar surface area (TPSA) is 96.0 Å². The van der Waals surface area contributed by atoms with Gasteiger partial charge in [0.05, 0.1) is 17.7 Å². The van der Waals surface area contributed by atoms with Crippen LogP contribution in [-0.4, -0.2) is 50.9 Å². The number of ether oxygens (including phenoxy) is 1. The van der Waals surface area contributed by atoms with Crippen molar-refractivity contribution in [2.75, 3.05) is 18.0 Å². The van der Waals surface area contributed by atoms with Gasteiger partial charge in [-0.05, 0) is 62.2 Å². The summed E-state index contributed by atoms with van der Waals surface area (Å²) in [7, 11) is -2.81. The number of methoxy groups -OCH3 is 1. The number of para-hydroxylation sites is 1. The first-order valence-corrected chi connectivity index (χ1v) is 14.1. The van der Waals surface area contributed by atoms with Crippen LogP contribution in [0.5, 0.6) is 5.75 Å². The first kappa shape index (κ1) is 29.6. The highest BCUT2D eigenvalue weighted by Gasteiger charge is 2.33. The van der Waals surface area contributed by atoms with E-state index >= 15 is 0 Å². The molecule has 10 heteroatoms. The molecule has 8 nitrogen and oxygen atoms in total. The number of sulfonamides is 1. The van der Waals surface area contributed by atoms with E-state index in [9.17, 15) is 22.4 Å². The van der Waals surface area contributed by atoms with E-state index in [0.29, 0.717) is 17.7 Å². The Morgan fingerprint density at radius 2 is 1.64 bits per heavy atom. The molecule has 39 heavy (non-hydrogen) atoms. The number of anilines is 1. The van der Waals surface area contributed by atoms with Gasteiger partial charge in [0.15, 0.2) is 0 Å². The number of nitrogens with one attached hydrogen (secondary N) is 1. The molecule has 0 saturated carbocycles. The Hall–Kier alpha value is -3.92.